The van der Waals surface area contributed by atoms with Crippen molar-refractivity contribution in [3.05, 3.63) is 99.0 Å². The number of amides is 2. The molecule has 8 nitrogen and oxygen atoms in total. The molecule has 2 aliphatic rings. The van der Waals surface area contributed by atoms with Gasteiger partial charge < -0.3 is 19.5 Å². The van der Waals surface area contributed by atoms with Crippen molar-refractivity contribution < 1.29 is 23.1 Å². The molecule has 2 aliphatic heterocycles. The SMILES string of the molecule is CC(C)N1CC[C@@H](C)N2C(=O)c3c(OCc4ccccc4)c(=O)c(C(=O)NCc4ccc(F)cc4F)cn3C[C@H]12. The summed E-state index contributed by atoms with van der Waals surface area (Å²) in [4.78, 5) is 44.9. The van der Waals surface area contributed by atoms with Gasteiger partial charge in [0.05, 0.1) is 6.54 Å². The summed E-state index contributed by atoms with van der Waals surface area (Å²) in [7, 11) is 0. The van der Waals surface area contributed by atoms with Gasteiger partial charge in [-0.05, 0) is 38.8 Å². The molecular weight excluding hydrogens is 518 g/mol. The third kappa shape index (κ3) is 5.23. The molecule has 10 heteroatoms. The number of halogens is 2. The molecule has 1 aromatic heterocycles. The van der Waals surface area contributed by atoms with E-state index in [1.54, 1.807) is 4.57 Å². The standard InChI is InChI=1S/C30H32F2N4O4/c1-18(2)35-12-11-19(3)36-25(35)16-34-15-23(29(38)33-14-21-9-10-22(31)13-24(21)32)27(37)28(26(34)30(36)39)40-17-20-7-5-4-6-8-20/h4-10,13,15,18-19,25H,11-12,14,16-17H2,1-3H3,(H,33,38)/t19-,25-/m1/s1. The van der Waals surface area contributed by atoms with Gasteiger partial charge in [-0.25, -0.2) is 8.78 Å². The monoisotopic (exact) mass is 550 g/mol. The minimum atomic E-state index is -0.805. The van der Waals surface area contributed by atoms with Crippen LogP contribution in [0.5, 0.6) is 5.75 Å². The van der Waals surface area contributed by atoms with Crippen LogP contribution in [0.2, 0.25) is 0 Å². The minimum Gasteiger partial charge on any atom is -0.483 e. The first-order valence-corrected chi connectivity index (χ1v) is 13.4. The van der Waals surface area contributed by atoms with E-state index in [-0.39, 0.29) is 59.9 Å². The van der Waals surface area contributed by atoms with Crippen molar-refractivity contribution in [1.29, 1.82) is 0 Å². The van der Waals surface area contributed by atoms with Crippen LogP contribution in [0.15, 0.2) is 59.5 Å². The molecule has 1 N–H and O–H groups in total. The number of hydrogen-bond acceptors (Lipinski definition) is 5. The number of pyridine rings is 1. The number of aromatic nitrogens is 1. The Kier molecular flexibility index (Phi) is 7.71. The number of nitrogens with one attached hydrogen (secondary N) is 1. The maximum Gasteiger partial charge on any atom is 0.276 e. The lowest BCUT2D eigenvalue weighted by atomic mass is 10.0. The van der Waals surface area contributed by atoms with E-state index in [0.717, 1.165) is 30.7 Å². The summed E-state index contributed by atoms with van der Waals surface area (Å²) >= 11 is 0. The fraction of sp³-hybridized carbons (Fsp3) is 0.367. The molecule has 0 spiro atoms. The number of carbonyl (C=O) groups is 2. The van der Waals surface area contributed by atoms with E-state index < -0.39 is 23.0 Å². The van der Waals surface area contributed by atoms with E-state index in [1.165, 1.54) is 12.3 Å². The summed E-state index contributed by atoms with van der Waals surface area (Å²) in [5.41, 5.74) is 0.0199. The Morgan fingerprint density at radius 1 is 1.12 bits per heavy atom. The molecule has 2 amide bonds. The number of ether oxygens (including phenoxy) is 1. The third-order valence-corrected chi connectivity index (χ3v) is 7.61. The number of carbonyl (C=O) groups excluding carboxylic acids is 2. The fourth-order valence-electron chi connectivity index (χ4n) is 5.47. The van der Waals surface area contributed by atoms with Crippen LogP contribution in [0.1, 0.15) is 59.2 Å². The van der Waals surface area contributed by atoms with Crippen LogP contribution in [-0.2, 0) is 19.7 Å². The second-order valence-electron chi connectivity index (χ2n) is 10.6. The van der Waals surface area contributed by atoms with Crippen molar-refractivity contribution in [3.8, 4) is 5.75 Å². The fourth-order valence-corrected chi connectivity index (χ4v) is 5.47. The molecule has 5 rings (SSSR count). The van der Waals surface area contributed by atoms with Crippen molar-refractivity contribution in [2.75, 3.05) is 6.54 Å². The van der Waals surface area contributed by atoms with Crippen LogP contribution in [0.3, 0.4) is 0 Å². The first-order valence-electron chi connectivity index (χ1n) is 13.4. The molecule has 0 saturated carbocycles. The highest BCUT2D eigenvalue weighted by atomic mass is 19.1. The second kappa shape index (κ2) is 11.2. The Bertz CT molecular complexity index is 1490. The van der Waals surface area contributed by atoms with Crippen LogP contribution >= 0.6 is 0 Å². The third-order valence-electron chi connectivity index (χ3n) is 7.61. The predicted molar refractivity (Wildman–Crippen MR) is 145 cm³/mol. The number of fused-ring (bicyclic) bond motifs is 2. The van der Waals surface area contributed by atoms with Gasteiger partial charge in [-0.3, -0.25) is 19.3 Å². The second-order valence-corrected chi connectivity index (χ2v) is 10.6. The van der Waals surface area contributed by atoms with E-state index in [2.05, 4.69) is 24.1 Å². The molecule has 2 aromatic carbocycles. The number of rotatable bonds is 7. The van der Waals surface area contributed by atoms with Gasteiger partial charge in [-0.2, -0.15) is 0 Å². The molecule has 0 unspecified atom stereocenters. The highest BCUT2D eigenvalue weighted by Crippen LogP contribution is 2.32. The summed E-state index contributed by atoms with van der Waals surface area (Å²) in [6.45, 7) is 7.08. The summed E-state index contributed by atoms with van der Waals surface area (Å²) in [5.74, 6) is -2.80. The van der Waals surface area contributed by atoms with Crippen molar-refractivity contribution in [2.24, 2.45) is 0 Å². The van der Waals surface area contributed by atoms with Crippen LogP contribution in [0, 0.1) is 11.6 Å². The van der Waals surface area contributed by atoms with Crippen molar-refractivity contribution in [2.45, 2.75) is 65.1 Å². The minimum absolute atomic E-state index is 0.0271. The zero-order valence-electron chi connectivity index (χ0n) is 22.7. The van der Waals surface area contributed by atoms with Gasteiger partial charge >= 0.3 is 0 Å². The van der Waals surface area contributed by atoms with Gasteiger partial charge in [-0.15, -0.1) is 0 Å². The van der Waals surface area contributed by atoms with E-state index in [0.29, 0.717) is 6.54 Å². The summed E-state index contributed by atoms with van der Waals surface area (Å²) < 4.78 is 35.1. The van der Waals surface area contributed by atoms with Crippen molar-refractivity contribution in [1.82, 2.24) is 19.7 Å². The van der Waals surface area contributed by atoms with Gasteiger partial charge in [0.2, 0.25) is 5.43 Å². The van der Waals surface area contributed by atoms with Gasteiger partial charge in [0.25, 0.3) is 11.8 Å². The average Bonchev–Trinajstić information content (AvgIpc) is 2.92. The van der Waals surface area contributed by atoms with E-state index in [9.17, 15) is 23.2 Å². The maximum atomic E-state index is 14.1. The van der Waals surface area contributed by atoms with Gasteiger partial charge in [0, 0.05) is 43.0 Å². The van der Waals surface area contributed by atoms with Gasteiger partial charge in [-0.1, -0.05) is 36.4 Å². The van der Waals surface area contributed by atoms with Crippen molar-refractivity contribution in [3.63, 3.8) is 0 Å². The zero-order chi connectivity index (χ0) is 28.6. The molecule has 3 aromatic rings. The number of nitrogens with zero attached hydrogens (tertiary/aromatic N) is 3. The van der Waals surface area contributed by atoms with Gasteiger partial charge in [0.1, 0.15) is 30.0 Å². The maximum absolute atomic E-state index is 14.1. The lowest BCUT2D eigenvalue weighted by Crippen LogP contribution is -2.65. The van der Waals surface area contributed by atoms with E-state index in [1.807, 2.05) is 42.2 Å². The lowest BCUT2D eigenvalue weighted by molar-refractivity contribution is -0.0455. The Labute approximate surface area is 231 Å². The first-order chi connectivity index (χ1) is 19.2. The molecule has 3 heterocycles. The molecular formula is C30H32F2N4O4. The van der Waals surface area contributed by atoms with Crippen molar-refractivity contribution >= 4 is 11.8 Å². The average molecular weight is 551 g/mol. The smallest absolute Gasteiger partial charge is 0.276 e. The summed E-state index contributed by atoms with van der Waals surface area (Å²) in [5, 5.41) is 2.55. The Morgan fingerprint density at radius 2 is 1.88 bits per heavy atom. The largest absolute Gasteiger partial charge is 0.483 e. The normalized spacial score (nSPS) is 18.9. The van der Waals surface area contributed by atoms with E-state index in [4.69, 9.17) is 4.74 Å². The topological polar surface area (TPSA) is 83.9 Å². The molecule has 0 aliphatic carbocycles. The molecule has 1 fully saturated rings. The molecule has 0 bridgehead atoms. The molecule has 0 radical (unpaired) electrons. The Hall–Kier alpha value is -4.05. The number of benzene rings is 2. The van der Waals surface area contributed by atoms with Crippen LogP contribution in [0.25, 0.3) is 0 Å². The highest BCUT2D eigenvalue weighted by Gasteiger charge is 2.44. The molecule has 2 atom stereocenters. The van der Waals surface area contributed by atoms with Crippen LogP contribution < -0.4 is 15.5 Å². The lowest BCUT2D eigenvalue weighted by Gasteiger charge is -2.51. The zero-order valence-corrected chi connectivity index (χ0v) is 22.7. The molecule has 1 saturated heterocycles. The summed E-state index contributed by atoms with van der Waals surface area (Å²) in [6.07, 6.45) is 1.93. The molecule has 40 heavy (non-hydrogen) atoms. The highest BCUT2D eigenvalue weighted by molar-refractivity contribution is 5.99. The summed E-state index contributed by atoms with van der Waals surface area (Å²) in [6, 6.07) is 12.4. The van der Waals surface area contributed by atoms with Gasteiger partial charge in [0.15, 0.2) is 11.4 Å². The predicted octanol–water partition coefficient (Wildman–Crippen LogP) is 3.92. The Balaban J connectivity index is 1.54. The van der Waals surface area contributed by atoms with Crippen LogP contribution in [0.4, 0.5) is 8.78 Å². The molecule has 210 valence electrons. The van der Waals surface area contributed by atoms with E-state index >= 15 is 0 Å². The quantitative estimate of drug-likeness (QED) is 0.482. The van der Waals surface area contributed by atoms with Crippen LogP contribution in [-0.4, -0.2) is 51.0 Å². The first kappa shape index (κ1) is 27.5. The Morgan fingerprint density at radius 3 is 2.58 bits per heavy atom. The number of hydrogen-bond donors (Lipinski definition) is 1.